The topological polar surface area (TPSA) is 123 Å². The number of hydrazone groups is 1. The molecular weight excluding hydrogens is 499 g/mol. The standard InChI is InChI=1S/C20H17N7O2S4/c1-13-17(18(21)27(24-13)15-5-3-2-4-6-15)19(30)32-26-23-14-7-9-16(10-8-14)33(28,29)25-20-22-11-12-31-20/h2-12,17,21H,1H3,(H,22,25). The van der Waals surface area contributed by atoms with E-state index < -0.39 is 15.9 Å². The van der Waals surface area contributed by atoms with E-state index in [4.69, 9.17) is 17.6 Å². The van der Waals surface area contributed by atoms with Crippen LogP contribution in [0.1, 0.15) is 6.92 Å². The maximum atomic E-state index is 12.4. The minimum Gasteiger partial charge on any atom is -0.286 e. The van der Waals surface area contributed by atoms with Gasteiger partial charge in [-0.2, -0.15) is 5.10 Å². The molecule has 1 aliphatic heterocycles. The van der Waals surface area contributed by atoms with Crippen LogP contribution in [0.25, 0.3) is 0 Å². The smallest absolute Gasteiger partial charge is 0.263 e. The van der Waals surface area contributed by atoms with Crippen LogP contribution < -0.4 is 9.73 Å². The Labute approximate surface area is 204 Å². The van der Waals surface area contributed by atoms with Crippen molar-refractivity contribution in [3.05, 3.63) is 66.2 Å². The molecule has 1 aliphatic rings. The van der Waals surface area contributed by atoms with E-state index in [2.05, 4.69) is 24.4 Å². The van der Waals surface area contributed by atoms with Crippen LogP contribution in [-0.4, -0.2) is 29.1 Å². The van der Waals surface area contributed by atoms with Gasteiger partial charge in [-0.15, -0.1) is 21.0 Å². The Bertz CT molecular complexity index is 1320. The van der Waals surface area contributed by atoms with Gasteiger partial charge in [0.25, 0.3) is 10.0 Å². The van der Waals surface area contributed by atoms with Gasteiger partial charge in [-0.3, -0.25) is 10.1 Å². The van der Waals surface area contributed by atoms with Crippen LogP contribution in [0.15, 0.2) is 85.8 Å². The number of hydrogen-bond acceptors (Lipinski definition) is 10. The predicted octanol–water partition coefficient (Wildman–Crippen LogP) is 5.49. The average molecular weight is 516 g/mol. The predicted molar refractivity (Wildman–Crippen MR) is 137 cm³/mol. The summed E-state index contributed by atoms with van der Waals surface area (Å²) >= 11 is 7.66. The van der Waals surface area contributed by atoms with E-state index in [1.807, 2.05) is 37.3 Å². The highest BCUT2D eigenvalue weighted by atomic mass is 32.2. The summed E-state index contributed by atoms with van der Waals surface area (Å²) in [4.78, 5) is 4.01. The Morgan fingerprint density at radius 2 is 1.94 bits per heavy atom. The van der Waals surface area contributed by atoms with Crippen molar-refractivity contribution >= 4 is 77.8 Å². The molecule has 33 heavy (non-hydrogen) atoms. The normalized spacial score (nSPS) is 16.3. The molecule has 13 heteroatoms. The highest BCUT2D eigenvalue weighted by molar-refractivity contribution is 8.22. The summed E-state index contributed by atoms with van der Waals surface area (Å²) in [6.45, 7) is 1.82. The number of amidine groups is 1. The van der Waals surface area contributed by atoms with E-state index in [0.29, 0.717) is 20.7 Å². The summed E-state index contributed by atoms with van der Waals surface area (Å²) in [5.74, 6) is -0.192. The molecular formula is C20H17N7O2S4. The van der Waals surface area contributed by atoms with Crippen molar-refractivity contribution in [3.63, 3.8) is 0 Å². The van der Waals surface area contributed by atoms with Gasteiger partial charge in [0.1, 0.15) is 11.8 Å². The fourth-order valence-electron chi connectivity index (χ4n) is 2.94. The Morgan fingerprint density at radius 1 is 1.21 bits per heavy atom. The Hall–Kier alpha value is -3.00. The molecule has 9 nitrogen and oxygen atoms in total. The fourth-order valence-corrected chi connectivity index (χ4v) is 5.71. The molecule has 3 aromatic rings. The van der Waals surface area contributed by atoms with E-state index in [-0.39, 0.29) is 10.7 Å². The minimum absolute atomic E-state index is 0.0899. The molecule has 0 aliphatic carbocycles. The summed E-state index contributed by atoms with van der Waals surface area (Å²) in [6.07, 6.45) is 1.52. The van der Waals surface area contributed by atoms with Crippen molar-refractivity contribution in [2.75, 3.05) is 9.73 Å². The first-order valence-corrected chi connectivity index (χ1v) is 13.0. The quantitative estimate of drug-likeness (QED) is 0.244. The van der Waals surface area contributed by atoms with Crippen LogP contribution in [0.3, 0.4) is 0 Å². The van der Waals surface area contributed by atoms with Crippen LogP contribution >= 0.6 is 35.5 Å². The summed E-state index contributed by atoms with van der Waals surface area (Å²) in [5, 5.41) is 20.6. The van der Waals surface area contributed by atoms with E-state index >= 15 is 0 Å². The molecule has 0 spiro atoms. The zero-order valence-corrected chi connectivity index (χ0v) is 20.4. The lowest BCUT2D eigenvalue weighted by atomic mass is 10.1. The van der Waals surface area contributed by atoms with E-state index in [1.54, 1.807) is 22.5 Å². The molecule has 2 aromatic carbocycles. The van der Waals surface area contributed by atoms with Crippen LogP contribution in [-0.2, 0) is 10.0 Å². The summed E-state index contributed by atoms with van der Waals surface area (Å²) in [7, 11) is -3.73. The van der Waals surface area contributed by atoms with Crippen LogP contribution in [0.5, 0.6) is 0 Å². The van der Waals surface area contributed by atoms with Crippen molar-refractivity contribution < 1.29 is 8.42 Å². The Morgan fingerprint density at radius 3 is 2.61 bits per heavy atom. The highest BCUT2D eigenvalue weighted by Crippen LogP contribution is 2.29. The monoisotopic (exact) mass is 515 g/mol. The lowest BCUT2D eigenvalue weighted by Crippen LogP contribution is -2.29. The Balaban J connectivity index is 1.38. The highest BCUT2D eigenvalue weighted by Gasteiger charge is 2.34. The molecule has 2 heterocycles. The van der Waals surface area contributed by atoms with Gasteiger partial charge in [-0.05, 0) is 43.3 Å². The number of benzene rings is 2. The molecule has 0 bridgehead atoms. The lowest BCUT2D eigenvalue weighted by Gasteiger charge is -2.16. The third kappa shape index (κ3) is 5.33. The third-order valence-corrected chi connectivity index (χ3v) is 7.71. The number of thiocarbonyl (C=S) groups is 1. The van der Waals surface area contributed by atoms with Crippen molar-refractivity contribution in [2.45, 2.75) is 11.8 Å². The molecule has 0 fully saturated rings. The molecule has 1 unspecified atom stereocenters. The van der Waals surface area contributed by atoms with Gasteiger partial charge in [0.15, 0.2) is 5.13 Å². The SMILES string of the molecule is CC1=NN(c2ccccc2)C(=N)C1C(=S)SN=Nc1ccc(S(=O)(=O)Nc2nccs2)cc1. The van der Waals surface area contributed by atoms with Gasteiger partial charge >= 0.3 is 0 Å². The first-order valence-electron chi connectivity index (χ1n) is 9.48. The number of nitrogens with zero attached hydrogens (tertiary/aromatic N) is 5. The molecule has 168 valence electrons. The maximum absolute atomic E-state index is 12.4. The maximum Gasteiger partial charge on any atom is 0.263 e. The van der Waals surface area contributed by atoms with Crippen molar-refractivity contribution in [3.8, 4) is 0 Å². The number of para-hydroxylation sites is 1. The van der Waals surface area contributed by atoms with Crippen molar-refractivity contribution in [1.82, 2.24) is 4.98 Å². The first kappa shape index (κ1) is 23.2. The third-order valence-electron chi connectivity index (χ3n) is 4.50. The van der Waals surface area contributed by atoms with E-state index in [9.17, 15) is 8.42 Å². The molecule has 4 rings (SSSR count). The number of anilines is 2. The van der Waals surface area contributed by atoms with Crippen molar-refractivity contribution in [2.24, 2.45) is 20.7 Å². The van der Waals surface area contributed by atoms with Crippen molar-refractivity contribution in [1.29, 1.82) is 5.41 Å². The summed E-state index contributed by atoms with van der Waals surface area (Å²) in [5.41, 5.74) is 1.97. The lowest BCUT2D eigenvalue weighted by molar-refractivity contribution is 0.601. The second-order valence-corrected chi connectivity index (χ2v) is 10.8. The fraction of sp³-hybridized carbons (Fsp3) is 0.100. The Kier molecular flexibility index (Phi) is 6.93. The van der Waals surface area contributed by atoms with Gasteiger partial charge in [0, 0.05) is 23.5 Å². The first-order chi connectivity index (χ1) is 15.8. The van der Waals surface area contributed by atoms with Gasteiger partial charge in [0.05, 0.1) is 26.2 Å². The van der Waals surface area contributed by atoms with Gasteiger partial charge < -0.3 is 0 Å². The molecule has 0 amide bonds. The van der Waals surface area contributed by atoms with Gasteiger partial charge in [0.2, 0.25) is 0 Å². The van der Waals surface area contributed by atoms with Crippen LogP contribution in [0.2, 0.25) is 0 Å². The number of aromatic nitrogens is 1. The van der Waals surface area contributed by atoms with Gasteiger partial charge in [-0.1, -0.05) is 30.4 Å². The van der Waals surface area contributed by atoms with Crippen LogP contribution in [0.4, 0.5) is 16.5 Å². The molecule has 1 atom stereocenters. The number of rotatable bonds is 7. The zero-order chi connectivity index (χ0) is 23.4. The number of hydrogen-bond donors (Lipinski definition) is 2. The zero-order valence-electron chi connectivity index (χ0n) is 17.1. The number of sulfonamides is 1. The minimum atomic E-state index is -3.73. The van der Waals surface area contributed by atoms with E-state index in [1.165, 1.54) is 29.7 Å². The summed E-state index contributed by atoms with van der Waals surface area (Å²) < 4.78 is 31.7. The van der Waals surface area contributed by atoms with Gasteiger partial charge in [-0.25, -0.2) is 18.4 Å². The number of nitrogens with one attached hydrogen (secondary N) is 2. The number of thiazole rings is 1. The molecule has 0 radical (unpaired) electrons. The molecule has 2 N–H and O–H groups in total. The second kappa shape index (κ2) is 9.87. The second-order valence-electron chi connectivity index (χ2n) is 6.74. The largest absolute Gasteiger partial charge is 0.286 e. The van der Waals surface area contributed by atoms with Crippen LogP contribution in [0, 0.1) is 11.3 Å². The molecule has 1 aromatic heterocycles. The molecule has 0 saturated carbocycles. The summed E-state index contributed by atoms with van der Waals surface area (Å²) in [6, 6.07) is 15.4. The molecule has 0 saturated heterocycles. The average Bonchev–Trinajstić information content (AvgIpc) is 3.41. The van der Waals surface area contributed by atoms with E-state index in [0.717, 1.165) is 17.6 Å².